The summed E-state index contributed by atoms with van der Waals surface area (Å²) in [6, 6.07) is 6.49. The molecule has 0 heterocycles. The van der Waals surface area contributed by atoms with Gasteiger partial charge in [0.05, 0.1) is 18.3 Å². The van der Waals surface area contributed by atoms with Crippen molar-refractivity contribution in [1.82, 2.24) is 0 Å². The second-order valence-electron chi connectivity index (χ2n) is 3.74. The van der Waals surface area contributed by atoms with Gasteiger partial charge in [0.25, 0.3) is 11.3 Å². The number of hydrogen-bond acceptors (Lipinski definition) is 3. The van der Waals surface area contributed by atoms with Gasteiger partial charge in [-0.3, -0.25) is 8.86 Å². The van der Waals surface area contributed by atoms with Crippen molar-refractivity contribution in [3.63, 3.8) is 0 Å². The van der Waals surface area contributed by atoms with Crippen molar-refractivity contribution in [3.8, 4) is 0 Å². The fourth-order valence-electron chi connectivity index (χ4n) is 1.55. The summed E-state index contributed by atoms with van der Waals surface area (Å²) < 4.78 is 21.8. The van der Waals surface area contributed by atoms with E-state index in [1.807, 2.05) is 19.1 Å². The van der Waals surface area contributed by atoms with Gasteiger partial charge in [0.1, 0.15) is 0 Å². The summed E-state index contributed by atoms with van der Waals surface area (Å²) in [4.78, 5) is 0. The largest absolute Gasteiger partial charge is 0.396 e. The van der Waals surface area contributed by atoms with Gasteiger partial charge in [-0.05, 0) is 25.5 Å². The summed E-state index contributed by atoms with van der Waals surface area (Å²) in [6.45, 7) is 1.48. The van der Waals surface area contributed by atoms with Gasteiger partial charge in [-0.1, -0.05) is 17.7 Å². The van der Waals surface area contributed by atoms with Crippen LogP contribution in [0, 0.1) is 6.92 Å². The summed E-state index contributed by atoms with van der Waals surface area (Å²) in [7, 11) is 0. The fraction of sp³-hybridized carbons (Fsp3) is 0.455. The molecule has 1 aromatic carbocycles. The molecular formula is C11H17NO4S. The van der Waals surface area contributed by atoms with E-state index in [4.69, 9.17) is 5.11 Å². The van der Waals surface area contributed by atoms with Crippen LogP contribution in [-0.2, 0) is 11.3 Å². The second-order valence-corrected chi connectivity index (χ2v) is 4.60. The molecule has 5 nitrogen and oxygen atoms in total. The molecule has 0 aliphatic rings. The fourth-order valence-corrected chi connectivity index (χ4v) is 2.28. The lowest BCUT2D eigenvalue weighted by atomic mass is 10.2. The average molecular weight is 259 g/mol. The van der Waals surface area contributed by atoms with Crippen molar-refractivity contribution in [2.75, 3.05) is 17.5 Å². The SMILES string of the molecule is Cc1ccc(N(C(CO)CCO)S(=O)O)cc1. The molecule has 0 aliphatic carbocycles. The first-order valence-electron chi connectivity index (χ1n) is 5.28. The van der Waals surface area contributed by atoms with Crippen molar-refractivity contribution in [3.05, 3.63) is 29.8 Å². The van der Waals surface area contributed by atoms with Crippen molar-refractivity contribution in [2.24, 2.45) is 0 Å². The molecule has 0 spiro atoms. The molecule has 1 aromatic rings. The maximum Gasteiger partial charge on any atom is 0.262 e. The lowest BCUT2D eigenvalue weighted by Crippen LogP contribution is -2.39. The summed E-state index contributed by atoms with van der Waals surface area (Å²) >= 11 is -2.23. The Morgan fingerprint density at radius 1 is 1.29 bits per heavy atom. The summed E-state index contributed by atoms with van der Waals surface area (Å²) in [5.41, 5.74) is 1.59. The van der Waals surface area contributed by atoms with Crippen LogP contribution in [0.15, 0.2) is 24.3 Å². The van der Waals surface area contributed by atoms with Crippen molar-refractivity contribution >= 4 is 17.0 Å². The second kappa shape index (κ2) is 6.70. The number of hydrogen-bond donors (Lipinski definition) is 3. The lowest BCUT2D eigenvalue weighted by molar-refractivity contribution is 0.222. The molecule has 0 fully saturated rings. The predicted octanol–water partition coefficient (Wildman–Crippen LogP) is 0.681. The van der Waals surface area contributed by atoms with Crippen molar-refractivity contribution in [1.29, 1.82) is 0 Å². The third kappa shape index (κ3) is 3.78. The first-order chi connectivity index (χ1) is 8.10. The number of rotatable bonds is 6. The monoisotopic (exact) mass is 259 g/mol. The third-order valence-corrected chi connectivity index (χ3v) is 3.31. The molecule has 3 N–H and O–H groups in total. The number of aliphatic hydroxyl groups excluding tert-OH is 2. The minimum Gasteiger partial charge on any atom is -0.396 e. The van der Waals surface area contributed by atoms with E-state index in [1.54, 1.807) is 12.1 Å². The van der Waals surface area contributed by atoms with Crippen LogP contribution in [0.2, 0.25) is 0 Å². The number of anilines is 1. The summed E-state index contributed by atoms with van der Waals surface area (Å²) in [5.74, 6) is 0. The third-order valence-electron chi connectivity index (χ3n) is 2.46. The number of aryl methyl sites for hydroxylation is 1. The van der Waals surface area contributed by atoms with E-state index >= 15 is 0 Å². The molecule has 0 saturated heterocycles. The van der Waals surface area contributed by atoms with Crippen LogP contribution in [-0.4, -0.2) is 38.2 Å². The maximum absolute atomic E-state index is 11.3. The number of nitrogens with zero attached hydrogens (tertiary/aromatic N) is 1. The predicted molar refractivity (Wildman–Crippen MR) is 67.0 cm³/mol. The van der Waals surface area contributed by atoms with Crippen LogP contribution >= 0.6 is 0 Å². The molecule has 1 rings (SSSR count). The molecule has 0 amide bonds. The van der Waals surface area contributed by atoms with Gasteiger partial charge in [-0.2, -0.15) is 0 Å². The zero-order valence-corrected chi connectivity index (χ0v) is 10.4. The van der Waals surface area contributed by atoms with Crippen LogP contribution in [0.25, 0.3) is 0 Å². The van der Waals surface area contributed by atoms with Gasteiger partial charge in [0.15, 0.2) is 0 Å². The highest BCUT2D eigenvalue weighted by atomic mass is 32.2. The van der Waals surface area contributed by atoms with Crippen LogP contribution in [0.5, 0.6) is 0 Å². The number of aliphatic hydroxyl groups is 2. The maximum atomic E-state index is 11.3. The normalized spacial score (nSPS) is 14.4. The molecule has 0 radical (unpaired) electrons. The first-order valence-corrected chi connectivity index (χ1v) is 6.35. The topological polar surface area (TPSA) is 81.0 Å². The zero-order chi connectivity index (χ0) is 12.8. The molecule has 0 aromatic heterocycles. The van der Waals surface area contributed by atoms with Crippen molar-refractivity contribution in [2.45, 2.75) is 19.4 Å². The van der Waals surface area contributed by atoms with Crippen LogP contribution < -0.4 is 4.31 Å². The molecule has 0 bridgehead atoms. The van der Waals surface area contributed by atoms with Gasteiger partial charge in [-0.15, -0.1) is 0 Å². The molecule has 17 heavy (non-hydrogen) atoms. The Labute approximate surface area is 103 Å². The summed E-state index contributed by atoms with van der Waals surface area (Å²) in [6.07, 6.45) is 0.233. The molecule has 2 unspecified atom stereocenters. The van der Waals surface area contributed by atoms with Gasteiger partial charge in [-0.25, -0.2) is 4.21 Å². The minimum absolute atomic E-state index is 0.148. The Morgan fingerprint density at radius 3 is 2.29 bits per heavy atom. The van der Waals surface area contributed by atoms with Gasteiger partial charge in [0, 0.05) is 6.61 Å². The highest BCUT2D eigenvalue weighted by Gasteiger charge is 2.22. The highest BCUT2D eigenvalue weighted by Crippen LogP contribution is 2.20. The molecule has 0 saturated carbocycles. The zero-order valence-electron chi connectivity index (χ0n) is 9.61. The molecule has 6 heteroatoms. The number of benzene rings is 1. The standard InChI is InChI=1S/C11H17NO4S/c1-9-2-4-10(5-3-9)12(17(15)16)11(8-14)6-7-13/h2-5,11,13-14H,6-8H2,1H3,(H,15,16). The Morgan fingerprint density at radius 2 is 1.88 bits per heavy atom. The van der Waals surface area contributed by atoms with E-state index in [0.717, 1.165) is 5.56 Å². The minimum atomic E-state index is -2.23. The van der Waals surface area contributed by atoms with E-state index in [1.165, 1.54) is 4.31 Å². The van der Waals surface area contributed by atoms with Crippen LogP contribution in [0.3, 0.4) is 0 Å². The van der Waals surface area contributed by atoms with E-state index in [2.05, 4.69) is 0 Å². The van der Waals surface area contributed by atoms with Crippen LogP contribution in [0.4, 0.5) is 5.69 Å². The van der Waals surface area contributed by atoms with E-state index in [-0.39, 0.29) is 19.6 Å². The average Bonchev–Trinajstić information content (AvgIpc) is 2.30. The van der Waals surface area contributed by atoms with E-state index < -0.39 is 17.3 Å². The molecular weight excluding hydrogens is 242 g/mol. The molecule has 2 atom stereocenters. The highest BCUT2D eigenvalue weighted by molar-refractivity contribution is 7.80. The smallest absolute Gasteiger partial charge is 0.262 e. The Balaban J connectivity index is 2.99. The van der Waals surface area contributed by atoms with Crippen molar-refractivity contribution < 1.29 is 19.0 Å². The van der Waals surface area contributed by atoms with E-state index in [9.17, 15) is 13.9 Å². The van der Waals surface area contributed by atoms with Gasteiger partial charge < -0.3 is 10.2 Å². The van der Waals surface area contributed by atoms with E-state index in [0.29, 0.717) is 5.69 Å². The lowest BCUT2D eigenvalue weighted by Gasteiger charge is -2.28. The first kappa shape index (κ1) is 14.1. The molecule has 0 aliphatic heterocycles. The Hall–Kier alpha value is -0.950. The van der Waals surface area contributed by atoms with Gasteiger partial charge in [0.2, 0.25) is 0 Å². The quantitative estimate of drug-likeness (QED) is 0.656. The van der Waals surface area contributed by atoms with Gasteiger partial charge >= 0.3 is 0 Å². The summed E-state index contributed by atoms with van der Waals surface area (Å²) in [5, 5.41) is 18.1. The molecule has 96 valence electrons. The Kier molecular flexibility index (Phi) is 5.57. The Bertz CT molecular complexity index is 368. The van der Waals surface area contributed by atoms with Crippen LogP contribution in [0.1, 0.15) is 12.0 Å².